The third-order valence-electron chi connectivity index (χ3n) is 2.42. The Labute approximate surface area is 95.3 Å². The third-order valence-corrected chi connectivity index (χ3v) is 4.17. The maximum atomic E-state index is 3.82. The van der Waals surface area contributed by atoms with E-state index in [0.717, 1.165) is 6.42 Å². The number of rotatable bonds is 2. The Hall–Kier alpha value is -0.0800. The first-order valence-corrected chi connectivity index (χ1v) is 5.83. The summed E-state index contributed by atoms with van der Waals surface area (Å²) in [6.45, 7) is 3.82. The molecule has 1 aliphatic carbocycles. The summed E-state index contributed by atoms with van der Waals surface area (Å²) in [6, 6.07) is 8.41. The van der Waals surface area contributed by atoms with Crippen LogP contribution in [0.5, 0.6) is 0 Å². The first-order chi connectivity index (χ1) is 6.15. The van der Waals surface area contributed by atoms with Gasteiger partial charge in [0, 0.05) is 5.92 Å². The average molecular weight is 302 g/mol. The minimum absolute atomic E-state index is 0.138. The smallest absolute Gasteiger partial charge is 0.0881 e. The van der Waals surface area contributed by atoms with E-state index in [1.165, 1.54) is 11.1 Å². The SMILES string of the molecule is C=Cc1ccccc1C1CC1(Br)Br. The molecule has 0 aliphatic heterocycles. The van der Waals surface area contributed by atoms with Crippen LogP contribution < -0.4 is 0 Å². The van der Waals surface area contributed by atoms with E-state index < -0.39 is 0 Å². The van der Waals surface area contributed by atoms with Gasteiger partial charge in [0.25, 0.3) is 0 Å². The summed E-state index contributed by atoms with van der Waals surface area (Å²) in [7, 11) is 0. The zero-order chi connectivity index (χ0) is 9.47. The molecule has 2 rings (SSSR count). The van der Waals surface area contributed by atoms with Crippen LogP contribution in [0.1, 0.15) is 23.5 Å². The van der Waals surface area contributed by atoms with Crippen molar-refractivity contribution >= 4 is 37.9 Å². The molecule has 0 radical (unpaired) electrons. The summed E-state index contributed by atoms with van der Waals surface area (Å²) in [6.07, 6.45) is 3.07. The highest BCUT2D eigenvalue weighted by Gasteiger charge is 2.51. The van der Waals surface area contributed by atoms with Gasteiger partial charge in [0.05, 0.1) is 3.23 Å². The molecular formula is C11H10Br2. The second-order valence-electron chi connectivity index (χ2n) is 3.35. The molecule has 1 aromatic rings. The molecule has 0 nitrogen and oxygen atoms in total. The van der Waals surface area contributed by atoms with Gasteiger partial charge < -0.3 is 0 Å². The van der Waals surface area contributed by atoms with Crippen LogP contribution in [-0.4, -0.2) is 3.23 Å². The molecule has 0 N–H and O–H groups in total. The lowest BCUT2D eigenvalue weighted by molar-refractivity contribution is 1.12. The molecule has 1 aliphatic rings. The minimum atomic E-state index is 0.138. The molecule has 1 atom stereocenters. The number of halogens is 2. The molecule has 13 heavy (non-hydrogen) atoms. The van der Waals surface area contributed by atoms with Gasteiger partial charge in [-0.05, 0) is 17.5 Å². The van der Waals surface area contributed by atoms with Crippen molar-refractivity contribution in [3.8, 4) is 0 Å². The Balaban J connectivity index is 2.36. The van der Waals surface area contributed by atoms with Crippen molar-refractivity contribution in [2.24, 2.45) is 0 Å². The van der Waals surface area contributed by atoms with Crippen LogP contribution in [0.3, 0.4) is 0 Å². The Morgan fingerprint density at radius 1 is 1.38 bits per heavy atom. The van der Waals surface area contributed by atoms with E-state index in [9.17, 15) is 0 Å². The fraction of sp³-hybridized carbons (Fsp3) is 0.273. The summed E-state index contributed by atoms with van der Waals surface area (Å²) in [5.41, 5.74) is 2.62. The van der Waals surface area contributed by atoms with Gasteiger partial charge in [0.1, 0.15) is 0 Å². The van der Waals surface area contributed by atoms with Crippen molar-refractivity contribution in [2.75, 3.05) is 0 Å². The van der Waals surface area contributed by atoms with Crippen molar-refractivity contribution in [1.82, 2.24) is 0 Å². The zero-order valence-electron chi connectivity index (χ0n) is 7.13. The van der Waals surface area contributed by atoms with E-state index in [4.69, 9.17) is 0 Å². The Bertz CT molecular complexity index is 342. The van der Waals surface area contributed by atoms with Crippen molar-refractivity contribution in [1.29, 1.82) is 0 Å². The molecule has 2 heteroatoms. The van der Waals surface area contributed by atoms with Crippen molar-refractivity contribution in [2.45, 2.75) is 15.6 Å². The van der Waals surface area contributed by atoms with E-state index in [1.807, 2.05) is 12.1 Å². The van der Waals surface area contributed by atoms with Crippen LogP contribution in [0.4, 0.5) is 0 Å². The van der Waals surface area contributed by atoms with Crippen molar-refractivity contribution in [3.63, 3.8) is 0 Å². The molecular weight excluding hydrogens is 292 g/mol. The highest BCUT2D eigenvalue weighted by molar-refractivity contribution is 9.25. The van der Waals surface area contributed by atoms with Crippen LogP contribution in [0.2, 0.25) is 0 Å². The fourth-order valence-electron chi connectivity index (χ4n) is 1.56. The van der Waals surface area contributed by atoms with Gasteiger partial charge in [-0.3, -0.25) is 0 Å². The molecule has 0 bridgehead atoms. The van der Waals surface area contributed by atoms with Gasteiger partial charge in [-0.25, -0.2) is 0 Å². The van der Waals surface area contributed by atoms with Crippen LogP contribution in [-0.2, 0) is 0 Å². The second-order valence-corrected chi connectivity index (χ2v) is 7.25. The molecule has 0 aromatic heterocycles. The summed E-state index contributed by atoms with van der Waals surface area (Å²) in [5, 5.41) is 0. The van der Waals surface area contributed by atoms with Crippen LogP contribution in [0.25, 0.3) is 6.08 Å². The van der Waals surface area contributed by atoms with Gasteiger partial charge in [0.15, 0.2) is 0 Å². The zero-order valence-corrected chi connectivity index (χ0v) is 10.3. The van der Waals surface area contributed by atoms with E-state index in [0.29, 0.717) is 5.92 Å². The molecule has 1 fully saturated rings. The Morgan fingerprint density at radius 2 is 2.00 bits per heavy atom. The molecule has 0 heterocycles. The topological polar surface area (TPSA) is 0 Å². The van der Waals surface area contributed by atoms with Gasteiger partial charge >= 0.3 is 0 Å². The molecule has 1 saturated carbocycles. The third kappa shape index (κ3) is 1.75. The predicted molar refractivity (Wildman–Crippen MR) is 64.5 cm³/mol. The minimum Gasteiger partial charge on any atom is -0.0985 e. The second kappa shape index (κ2) is 3.25. The van der Waals surface area contributed by atoms with Crippen molar-refractivity contribution < 1.29 is 0 Å². The highest BCUT2D eigenvalue weighted by Crippen LogP contribution is 2.62. The summed E-state index contributed by atoms with van der Waals surface area (Å²) >= 11 is 7.27. The number of benzene rings is 1. The van der Waals surface area contributed by atoms with E-state index in [-0.39, 0.29) is 3.23 Å². The molecule has 1 aromatic carbocycles. The number of alkyl halides is 2. The van der Waals surface area contributed by atoms with Crippen molar-refractivity contribution in [3.05, 3.63) is 42.0 Å². The lowest BCUT2D eigenvalue weighted by atomic mass is 10.0. The quantitative estimate of drug-likeness (QED) is 0.714. The van der Waals surface area contributed by atoms with E-state index in [1.54, 1.807) is 0 Å². The maximum Gasteiger partial charge on any atom is 0.0881 e. The molecule has 68 valence electrons. The van der Waals surface area contributed by atoms with E-state index in [2.05, 4.69) is 56.6 Å². The number of hydrogen-bond donors (Lipinski definition) is 0. The van der Waals surface area contributed by atoms with Crippen LogP contribution in [0.15, 0.2) is 30.8 Å². The normalized spacial score (nSPS) is 24.0. The Morgan fingerprint density at radius 3 is 2.54 bits per heavy atom. The standard InChI is InChI=1S/C11H10Br2/c1-2-8-5-3-4-6-9(8)10-7-11(10,12)13/h2-6,10H,1,7H2. The molecule has 0 amide bonds. The Kier molecular flexibility index (Phi) is 2.37. The lowest BCUT2D eigenvalue weighted by Crippen LogP contribution is -1.91. The highest BCUT2D eigenvalue weighted by atomic mass is 79.9. The summed E-state index contributed by atoms with van der Waals surface area (Å²) in [5.74, 6) is 0.585. The van der Waals surface area contributed by atoms with Crippen LogP contribution in [0, 0.1) is 0 Å². The van der Waals surface area contributed by atoms with Gasteiger partial charge in [-0.2, -0.15) is 0 Å². The lowest BCUT2D eigenvalue weighted by Gasteiger charge is -2.05. The first-order valence-electron chi connectivity index (χ1n) is 4.24. The first kappa shape index (κ1) is 9.47. The van der Waals surface area contributed by atoms with Gasteiger partial charge in [-0.1, -0.05) is 68.8 Å². The molecule has 0 saturated heterocycles. The predicted octanol–water partition coefficient (Wildman–Crippen LogP) is 4.30. The molecule has 0 spiro atoms. The molecule has 1 unspecified atom stereocenters. The van der Waals surface area contributed by atoms with E-state index >= 15 is 0 Å². The monoisotopic (exact) mass is 300 g/mol. The summed E-state index contributed by atoms with van der Waals surface area (Å²) < 4.78 is 0.138. The largest absolute Gasteiger partial charge is 0.0985 e. The number of hydrogen-bond acceptors (Lipinski definition) is 0. The summed E-state index contributed by atoms with van der Waals surface area (Å²) in [4.78, 5) is 0. The average Bonchev–Trinajstić information content (AvgIpc) is 2.75. The maximum absolute atomic E-state index is 3.82. The van der Waals surface area contributed by atoms with Gasteiger partial charge in [0.2, 0.25) is 0 Å². The van der Waals surface area contributed by atoms with Gasteiger partial charge in [-0.15, -0.1) is 0 Å². The fourth-order valence-corrected chi connectivity index (χ4v) is 2.71. The van der Waals surface area contributed by atoms with Crippen LogP contribution >= 0.6 is 31.9 Å².